The Morgan fingerprint density at radius 2 is 1.88 bits per heavy atom. The van der Waals surface area contributed by atoms with Crippen LogP contribution in [0.1, 0.15) is 22.3 Å². The van der Waals surface area contributed by atoms with Gasteiger partial charge in [-0.3, -0.25) is 4.79 Å². The van der Waals surface area contributed by atoms with Gasteiger partial charge in [-0.15, -0.1) is 0 Å². The van der Waals surface area contributed by atoms with Crippen molar-refractivity contribution in [2.24, 2.45) is 0 Å². The lowest BCUT2D eigenvalue weighted by Crippen LogP contribution is -2.38. The molecule has 0 spiro atoms. The molecule has 176 valence electrons. The van der Waals surface area contributed by atoms with Crippen LogP contribution < -0.4 is 14.8 Å². The molecule has 0 amide bonds. The second-order valence-corrected chi connectivity index (χ2v) is 9.01. The van der Waals surface area contributed by atoms with Crippen LogP contribution in [0.2, 0.25) is 0 Å². The van der Waals surface area contributed by atoms with Gasteiger partial charge in [0.25, 0.3) is 0 Å². The van der Waals surface area contributed by atoms with Crippen molar-refractivity contribution in [2.45, 2.75) is 32.5 Å². The van der Waals surface area contributed by atoms with Crippen molar-refractivity contribution in [3.05, 3.63) is 93.6 Å². The van der Waals surface area contributed by atoms with E-state index in [0.29, 0.717) is 31.1 Å². The second-order valence-electron chi connectivity index (χ2n) is 8.16. The van der Waals surface area contributed by atoms with E-state index in [1.54, 1.807) is 7.11 Å². The number of aromatic amines is 1. The molecule has 0 aliphatic heterocycles. The molecule has 0 saturated carbocycles. The molecule has 1 atom stereocenters. The highest BCUT2D eigenvalue weighted by atomic mass is 79.9. The number of aryl methyl sites for hydroxylation is 1. The number of ether oxygens (including phenoxy) is 2. The molecule has 1 aromatic heterocycles. The van der Waals surface area contributed by atoms with Crippen LogP contribution in [0, 0.1) is 6.92 Å². The fraction of sp³-hybridized carbons (Fsp3) is 0.222. The summed E-state index contributed by atoms with van der Waals surface area (Å²) in [5.74, 6) is 0.306. The molecule has 0 radical (unpaired) electrons. The van der Waals surface area contributed by atoms with Crippen molar-refractivity contribution in [3.8, 4) is 11.5 Å². The molecule has 4 aromatic rings. The zero-order chi connectivity index (χ0) is 24.1. The first-order chi connectivity index (χ1) is 16.5. The van der Waals surface area contributed by atoms with Crippen LogP contribution in [0.5, 0.6) is 11.5 Å². The predicted molar refractivity (Wildman–Crippen MR) is 136 cm³/mol. The van der Waals surface area contributed by atoms with Gasteiger partial charge in [0, 0.05) is 30.1 Å². The van der Waals surface area contributed by atoms with E-state index < -0.39 is 12.0 Å². The number of carbonyl (C=O) groups is 1. The molecule has 1 heterocycles. The predicted octanol–water partition coefficient (Wildman–Crippen LogP) is 5.61. The van der Waals surface area contributed by atoms with Gasteiger partial charge in [-0.2, -0.15) is 0 Å². The number of aromatic nitrogens is 1. The Bertz CT molecular complexity index is 1300. The van der Waals surface area contributed by atoms with Crippen molar-refractivity contribution in [1.29, 1.82) is 0 Å². The van der Waals surface area contributed by atoms with Gasteiger partial charge in [-0.05, 0) is 63.3 Å². The lowest BCUT2D eigenvalue weighted by molar-refractivity contribution is -0.139. The monoisotopic (exact) mass is 522 g/mol. The maximum Gasteiger partial charge on any atom is 0.321 e. The third-order valence-electron chi connectivity index (χ3n) is 5.87. The van der Waals surface area contributed by atoms with E-state index in [0.717, 1.165) is 37.6 Å². The minimum Gasteiger partial charge on any atom is -0.493 e. The Morgan fingerprint density at radius 1 is 1.12 bits per heavy atom. The van der Waals surface area contributed by atoms with Crippen molar-refractivity contribution < 1.29 is 19.4 Å². The lowest BCUT2D eigenvalue weighted by atomic mass is 10.0. The molecule has 0 bridgehead atoms. The van der Waals surface area contributed by atoms with E-state index >= 15 is 0 Å². The summed E-state index contributed by atoms with van der Waals surface area (Å²) in [7, 11) is 1.59. The van der Waals surface area contributed by atoms with E-state index in [-0.39, 0.29) is 0 Å². The standard InChI is InChI=1S/C27H27BrN2O4/c1-17-7-3-4-8-19(17)16-34-26-22(28)11-18(12-25(26)33-2)14-29-24(27(31)32)13-20-15-30-23-10-6-5-9-21(20)23/h3-12,15,24,29-30H,13-14,16H2,1-2H3,(H,31,32). The number of rotatable bonds is 10. The van der Waals surface area contributed by atoms with Gasteiger partial charge in [-0.25, -0.2) is 0 Å². The summed E-state index contributed by atoms with van der Waals surface area (Å²) in [6.45, 7) is 2.84. The molecule has 0 aliphatic carbocycles. The highest BCUT2D eigenvalue weighted by molar-refractivity contribution is 9.10. The summed E-state index contributed by atoms with van der Waals surface area (Å²) in [6.07, 6.45) is 2.25. The molecule has 4 rings (SSSR count). The normalized spacial score (nSPS) is 12.0. The minimum absolute atomic E-state index is 0.367. The third-order valence-corrected chi connectivity index (χ3v) is 6.46. The van der Waals surface area contributed by atoms with Crippen LogP contribution in [-0.4, -0.2) is 29.2 Å². The number of para-hydroxylation sites is 1. The number of aliphatic carboxylic acids is 1. The minimum atomic E-state index is -0.894. The number of H-pyrrole nitrogens is 1. The molecular weight excluding hydrogens is 496 g/mol. The van der Waals surface area contributed by atoms with Crippen molar-refractivity contribution in [3.63, 3.8) is 0 Å². The van der Waals surface area contributed by atoms with E-state index in [4.69, 9.17) is 9.47 Å². The highest BCUT2D eigenvalue weighted by Crippen LogP contribution is 2.37. The quantitative estimate of drug-likeness (QED) is 0.252. The summed E-state index contributed by atoms with van der Waals surface area (Å²) >= 11 is 3.59. The van der Waals surface area contributed by atoms with Crippen molar-refractivity contribution >= 4 is 32.8 Å². The molecule has 0 saturated heterocycles. The van der Waals surface area contributed by atoms with Gasteiger partial charge >= 0.3 is 5.97 Å². The van der Waals surface area contributed by atoms with Crippen LogP contribution in [0.3, 0.4) is 0 Å². The average Bonchev–Trinajstić information content (AvgIpc) is 3.24. The van der Waals surface area contributed by atoms with Crippen LogP contribution in [0.4, 0.5) is 0 Å². The Labute approximate surface area is 207 Å². The molecule has 0 fully saturated rings. The van der Waals surface area contributed by atoms with E-state index in [2.05, 4.69) is 39.2 Å². The van der Waals surface area contributed by atoms with Gasteiger partial charge in [0.2, 0.25) is 0 Å². The molecule has 34 heavy (non-hydrogen) atoms. The topological polar surface area (TPSA) is 83.6 Å². The van der Waals surface area contributed by atoms with Crippen molar-refractivity contribution in [2.75, 3.05) is 7.11 Å². The van der Waals surface area contributed by atoms with E-state index in [9.17, 15) is 9.90 Å². The largest absolute Gasteiger partial charge is 0.493 e. The number of hydrogen-bond acceptors (Lipinski definition) is 4. The Morgan fingerprint density at radius 3 is 2.65 bits per heavy atom. The Kier molecular flexibility index (Phi) is 7.55. The number of fused-ring (bicyclic) bond motifs is 1. The molecular formula is C27H27BrN2O4. The maximum atomic E-state index is 11.9. The van der Waals surface area contributed by atoms with Gasteiger partial charge < -0.3 is 24.9 Å². The number of carboxylic acids is 1. The zero-order valence-corrected chi connectivity index (χ0v) is 20.7. The summed E-state index contributed by atoms with van der Waals surface area (Å²) < 4.78 is 12.4. The van der Waals surface area contributed by atoms with Gasteiger partial charge in [0.1, 0.15) is 12.6 Å². The van der Waals surface area contributed by atoms with Crippen LogP contribution in [0.15, 0.2) is 71.3 Å². The summed E-state index contributed by atoms with van der Waals surface area (Å²) in [5, 5.41) is 14.0. The SMILES string of the molecule is COc1cc(CNC(Cc2c[nH]c3ccccc23)C(=O)O)cc(Br)c1OCc1ccccc1C. The second kappa shape index (κ2) is 10.8. The third kappa shape index (κ3) is 5.43. The lowest BCUT2D eigenvalue weighted by Gasteiger charge is -2.17. The number of methoxy groups -OCH3 is 1. The van der Waals surface area contributed by atoms with E-state index in [1.807, 2.05) is 60.8 Å². The molecule has 0 aliphatic rings. The summed E-state index contributed by atoms with van der Waals surface area (Å²) in [5.41, 5.74) is 5.11. The van der Waals surface area contributed by atoms with Crippen molar-refractivity contribution in [1.82, 2.24) is 10.3 Å². The van der Waals surface area contributed by atoms with Crippen LogP contribution in [-0.2, 0) is 24.4 Å². The van der Waals surface area contributed by atoms with Crippen LogP contribution in [0.25, 0.3) is 10.9 Å². The molecule has 3 N–H and O–H groups in total. The zero-order valence-electron chi connectivity index (χ0n) is 19.1. The smallest absolute Gasteiger partial charge is 0.321 e. The number of benzene rings is 3. The Hall–Kier alpha value is -3.29. The van der Waals surface area contributed by atoms with E-state index in [1.165, 1.54) is 0 Å². The summed E-state index contributed by atoms with van der Waals surface area (Å²) in [4.78, 5) is 15.2. The fourth-order valence-electron chi connectivity index (χ4n) is 3.95. The first-order valence-corrected chi connectivity index (χ1v) is 11.8. The number of carboxylic acid groups (broad SMARTS) is 1. The highest BCUT2D eigenvalue weighted by Gasteiger charge is 2.20. The Balaban J connectivity index is 1.46. The average molecular weight is 523 g/mol. The number of nitrogens with one attached hydrogen (secondary N) is 2. The fourth-order valence-corrected chi connectivity index (χ4v) is 4.55. The number of hydrogen-bond donors (Lipinski definition) is 3. The molecule has 3 aromatic carbocycles. The van der Waals surface area contributed by atoms with Gasteiger partial charge in [-0.1, -0.05) is 42.5 Å². The maximum absolute atomic E-state index is 11.9. The first-order valence-electron chi connectivity index (χ1n) is 11.0. The molecule has 6 nitrogen and oxygen atoms in total. The van der Waals surface area contributed by atoms with Gasteiger partial charge in [0.05, 0.1) is 11.6 Å². The van der Waals surface area contributed by atoms with Gasteiger partial charge in [0.15, 0.2) is 11.5 Å². The number of halogens is 1. The molecule has 1 unspecified atom stereocenters. The van der Waals surface area contributed by atoms with Crippen LogP contribution >= 0.6 is 15.9 Å². The molecule has 7 heteroatoms. The first kappa shape index (κ1) is 23.9. The summed E-state index contributed by atoms with van der Waals surface area (Å²) in [6, 6.07) is 19.0.